The molecule has 0 aliphatic heterocycles. The van der Waals surface area contributed by atoms with Gasteiger partial charge in [-0.3, -0.25) is 0 Å². The van der Waals surface area contributed by atoms with E-state index in [1.54, 1.807) is 0 Å². The van der Waals surface area contributed by atoms with Gasteiger partial charge in [-0.15, -0.1) is 0 Å². The molecule has 22 heavy (non-hydrogen) atoms. The van der Waals surface area contributed by atoms with E-state index in [1.807, 2.05) is 7.11 Å². The van der Waals surface area contributed by atoms with Crippen LogP contribution in [0, 0.1) is 11.8 Å². The van der Waals surface area contributed by atoms with Crippen molar-refractivity contribution >= 4 is 0 Å². The van der Waals surface area contributed by atoms with Gasteiger partial charge >= 0.3 is 0 Å². The Bertz CT molecular complexity index is 449. The van der Waals surface area contributed by atoms with Gasteiger partial charge in [-0.2, -0.15) is 0 Å². The van der Waals surface area contributed by atoms with Crippen molar-refractivity contribution in [1.29, 1.82) is 0 Å². The van der Waals surface area contributed by atoms with Crippen molar-refractivity contribution in [3.63, 3.8) is 0 Å². The lowest BCUT2D eigenvalue weighted by Crippen LogP contribution is -2.10. The van der Waals surface area contributed by atoms with Crippen LogP contribution in [0.25, 0.3) is 0 Å². The summed E-state index contributed by atoms with van der Waals surface area (Å²) in [6.45, 7) is 11.3. The Labute approximate surface area is 137 Å². The molecule has 2 atom stereocenters. The number of hydrogen-bond donors (Lipinski definition) is 0. The first kappa shape index (κ1) is 19.0. The molecule has 1 rings (SSSR count). The maximum absolute atomic E-state index is 5.64. The van der Waals surface area contributed by atoms with Crippen LogP contribution in [0.4, 0.5) is 0 Å². The molecular formula is C21H34O. The van der Waals surface area contributed by atoms with Gasteiger partial charge in [0.25, 0.3) is 0 Å². The van der Waals surface area contributed by atoms with Gasteiger partial charge in [0.2, 0.25) is 0 Å². The van der Waals surface area contributed by atoms with Crippen LogP contribution in [-0.4, -0.2) is 13.2 Å². The Balaban J connectivity index is 2.98. The molecule has 0 aromatic carbocycles. The molecule has 0 heterocycles. The average Bonchev–Trinajstić information content (AvgIpc) is 2.45. The second-order valence-corrected chi connectivity index (χ2v) is 7.03. The monoisotopic (exact) mass is 302 g/mol. The molecule has 1 aliphatic rings. The van der Waals surface area contributed by atoms with Crippen molar-refractivity contribution in [3.05, 3.63) is 47.1 Å². The van der Waals surface area contributed by atoms with Gasteiger partial charge in [0.05, 0.1) is 6.10 Å². The molecule has 0 bridgehead atoms. The number of hydrogen-bond acceptors (Lipinski definition) is 1. The van der Waals surface area contributed by atoms with Gasteiger partial charge in [0.1, 0.15) is 0 Å². The van der Waals surface area contributed by atoms with Crippen LogP contribution in [0.5, 0.6) is 0 Å². The summed E-state index contributed by atoms with van der Waals surface area (Å²) in [5, 5.41) is 0. The highest BCUT2D eigenvalue weighted by Crippen LogP contribution is 2.23. The van der Waals surface area contributed by atoms with E-state index in [-0.39, 0.29) is 6.10 Å². The van der Waals surface area contributed by atoms with Crippen LogP contribution in [0.15, 0.2) is 47.1 Å². The van der Waals surface area contributed by atoms with E-state index < -0.39 is 0 Å². The third-order valence-corrected chi connectivity index (χ3v) is 4.54. The van der Waals surface area contributed by atoms with Crippen molar-refractivity contribution in [2.75, 3.05) is 7.11 Å². The molecule has 1 aliphatic carbocycles. The van der Waals surface area contributed by atoms with Crippen LogP contribution < -0.4 is 0 Å². The second kappa shape index (κ2) is 9.84. The maximum Gasteiger partial charge on any atom is 0.0791 e. The zero-order valence-electron chi connectivity index (χ0n) is 15.4. The fourth-order valence-corrected chi connectivity index (χ4v) is 2.85. The minimum absolute atomic E-state index is 0.206. The molecule has 124 valence electrons. The summed E-state index contributed by atoms with van der Waals surface area (Å²) >= 11 is 0. The Kier molecular flexibility index (Phi) is 8.48. The first-order valence-corrected chi connectivity index (χ1v) is 8.63. The molecule has 1 nitrogen and oxygen atoms in total. The molecule has 0 spiro atoms. The van der Waals surface area contributed by atoms with Crippen molar-refractivity contribution in [2.45, 2.75) is 66.4 Å². The Hall–Kier alpha value is -1.08. The van der Waals surface area contributed by atoms with Gasteiger partial charge in [-0.25, -0.2) is 0 Å². The second-order valence-electron chi connectivity index (χ2n) is 7.03. The molecule has 0 N–H and O–H groups in total. The highest BCUT2D eigenvalue weighted by molar-refractivity contribution is 5.19. The summed E-state index contributed by atoms with van der Waals surface area (Å²) in [5.74, 6) is 1.33. The van der Waals surface area contributed by atoms with Gasteiger partial charge < -0.3 is 4.74 Å². The molecule has 0 saturated carbocycles. The molecule has 0 fully saturated rings. The lowest BCUT2D eigenvalue weighted by molar-refractivity contribution is 0.140. The first-order chi connectivity index (χ1) is 10.4. The van der Waals surface area contributed by atoms with Crippen molar-refractivity contribution in [2.24, 2.45) is 11.8 Å². The Morgan fingerprint density at radius 1 is 1.09 bits per heavy atom. The standard InChI is InChI=1S/C21H34O/c1-16(2)20-12-10-17(3)8-7-9-18(4)14-21(22-6)15-19(5)11-13-20/h8-10,12,15-16,20-21H,7,11,13-14H2,1-6H3/b12-10+,17-8-,18-9+,19-15?/t20-,21+/m0/s1. The fraction of sp³-hybridized carbons (Fsp3) is 0.619. The van der Waals surface area contributed by atoms with Gasteiger partial charge in [-0.1, -0.05) is 60.9 Å². The van der Waals surface area contributed by atoms with E-state index in [0.717, 1.165) is 19.3 Å². The average molecular weight is 303 g/mol. The van der Waals surface area contributed by atoms with Crippen LogP contribution in [-0.2, 0) is 4.74 Å². The molecule has 0 aromatic rings. The number of rotatable bonds is 2. The van der Waals surface area contributed by atoms with Crippen molar-refractivity contribution in [1.82, 2.24) is 0 Å². The van der Waals surface area contributed by atoms with Gasteiger partial charge in [0, 0.05) is 7.11 Å². The topological polar surface area (TPSA) is 9.23 Å². The van der Waals surface area contributed by atoms with Crippen LogP contribution in [0.1, 0.15) is 60.3 Å². The third-order valence-electron chi connectivity index (χ3n) is 4.54. The van der Waals surface area contributed by atoms with E-state index in [1.165, 1.54) is 23.1 Å². The summed E-state index contributed by atoms with van der Waals surface area (Å²) in [5.41, 5.74) is 4.21. The summed E-state index contributed by atoms with van der Waals surface area (Å²) in [7, 11) is 1.81. The van der Waals surface area contributed by atoms with Gasteiger partial charge in [0.15, 0.2) is 0 Å². The summed E-state index contributed by atoms with van der Waals surface area (Å²) in [6, 6.07) is 0. The van der Waals surface area contributed by atoms with Crippen molar-refractivity contribution in [3.8, 4) is 0 Å². The molecule has 0 unspecified atom stereocenters. The molecule has 0 aromatic heterocycles. The Morgan fingerprint density at radius 3 is 2.45 bits per heavy atom. The minimum Gasteiger partial charge on any atom is -0.377 e. The lowest BCUT2D eigenvalue weighted by Gasteiger charge is -2.18. The highest BCUT2D eigenvalue weighted by Gasteiger charge is 2.11. The lowest BCUT2D eigenvalue weighted by atomic mass is 9.88. The zero-order chi connectivity index (χ0) is 16.5. The summed E-state index contributed by atoms with van der Waals surface area (Å²) < 4.78 is 5.64. The molecule has 1 heteroatoms. The van der Waals surface area contributed by atoms with Crippen molar-refractivity contribution < 1.29 is 4.74 Å². The molecular weight excluding hydrogens is 268 g/mol. The minimum atomic E-state index is 0.206. The normalized spacial score (nSPS) is 31.5. The van der Waals surface area contributed by atoms with E-state index in [0.29, 0.717) is 11.8 Å². The predicted molar refractivity (Wildman–Crippen MR) is 98.0 cm³/mol. The largest absolute Gasteiger partial charge is 0.377 e. The van der Waals surface area contributed by atoms with E-state index in [4.69, 9.17) is 4.74 Å². The predicted octanol–water partition coefficient (Wildman–Crippen LogP) is 6.24. The van der Waals surface area contributed by atoms with E-state index in [9.17, 15) is 0 Å². The summed E-state index contributed by atoms with van der Waals surface area (Å²) in [4.78, 5) is 0. The molecule has 0 saturated heterocycles. The highest BCUT2D eigenvalue weighted by atomic mass is 16.5. The summed E-state index contributed by atoms with van der Waals surface area (Å²) in [6.07, 6.45) is 16.2. The quantitative estimate of drug-likeness (QED) is 0.548. The van der Waals surface area contributed by atoms with Crippen LogP contribution in [0.3, 0.4) is 0 Å². The third kappa shape index (κ3) is 7.26. The van der Waals surface area contributed by atoms with Gasteiger partial charge in [-0.05, 0) is 58.3 Å². The van der Waals surface area contributed by atoms with E-state index in [2.05, 4.69) is 65.0 Å². The smallest absolute Gasteiger partial charge is 0.0791 e. The number of ether oxygens (including phenoxy) is 1. The molecule has 0 radical (unpaired) electrons. The zero-order valence-corrected chi connectivity index (χ0v) is 15.4. The maximum atomic E-state index is 5.64. The SMILES string of the molecule is CO[C@H]1C=C(C)CC[C@@H](C(C)C)/C=C/C(C)=C\C/C=C(\C)C1. The first-order valence-electron chi connectivity index (χ1n) is 8.63. The fourth-order valence-electron chi connectivity index (χ4n) is 2.85. The number of methoxy groups -OCH3 is 1. The Morgan fingerprint density at radius 2 is 1.82 bits per heavy atom. The molecule has 0 amide bonds. The van der Waals surface area contributed by atoms with Crippen LogP contribution in [0.2, 0.25) is 0 Å². The van der Waals surface area contributed by atoms with E-state index >= 15 is 0 Å². The number of allylic oxidation sites excluding steroid dienone is 6. The van der Waals surface area contributed by atoms with Crippen LogP contribution >= 0.6 is 0 Å².